The summed E-state index contributed by atoms with van der Waals surface area (Å²) in [4.78, 5) is 29.1. The smallest absolute Gasteiger partial charge is 0.264 e. The summed E-state index contributed by atoms with van der Waals surface area (Å²) in [6, 6.07) is 28.7. The van der Waals surface area contributed by atoms with Gasteiger partial charge in [0.1, 0.15) is 18.4 Å². The van der Waals surface area contributed by atoms with Crippen LogP contribution in [0.2, 0.25) is 0 Å². The Morgan fingerprint density at radius 2 is 1.43 bits per heavy atom. The Kier molecular flexibility index (Phi) is 10.7. The fourth-order valence-corrected chi connectivity index (χ4v) is 6.28. The van der Waals surface area contributed by atoms with Crippen LogP contribution in [0.15, 0.2) is 114 Å². The zero-order chi connectivity index (χ0) is 30.1. The summed E-state index contributed by atoms with van der Waals surface area (Å²) >= 11 is 2.12. The molecular formula is C32H31FIN3O4S. The summed E-state index contributed by atoms with van der Waals surface area (Å²) in [5.41, 5.74) is 1.74. The van der Waals surface area contributed by atoms with Crippen molar-refractivity contribution >= 4 is 50.1 Å². The number of sulfonamides is 1. The number of benzene rings is 4. The number of hydrogen-bond donors (Lipinski definition) is 1. The number of nitrogens with zero attached hydrogens (tertiary/aromatic N) is 2. The SMILES string of the molecule is CCNC(=O)[C@H](Cc1ccccc1)N(Cc1ccc(F)cc1)C(=O)CN(c1ccc(I)cc1)S(=O)(=O)c1ccccc1. The minimum atomic E-state index is -4.16. The minimum Gasteiger partial charge on any atom is -0.355 e. The van der Waals surface area contributed by atoms with Crippen molar-refractivity contribution < 1.29 is 22.4 Å². The van der Waals surface area contributed by atoms with Gasteiger partial charge in [-0.05, 0) is 89.2 Å². The van der Waals surface area contributed by atoms with Crippen LogP contribution in [0, 0.1) is 9.39 Å². The van der Waals surface area contributed by atoms with E-state index in [4.69, 9.17) is 0 Å². The third-order valence-electron chi connectivity index (χ3n) is 6.61. The average molecular weight is 700 g/mol. The number of halogens is 2. The summed E-state index contributed by atoms with van der Waals surface area (Å²) in [5.74, 6) is -1.38. The van der Waals surface area contributed by atoms with Gasteiger partial charge in [0.25, 0.3) is 10.0 Å². The molecule has 0 bridgehead atoms. The van der Waals surface area contributed by atoms with Gasteiger partial charge in [-0.3, -0.25) is 13.9 Å². The van der Waals surface area contributed by atoms with E-state index in [-0.39, 0.29) is 23.8 Å². The maximum atomic E-state index is 14.2. The first-order valence-electron chi connectivity index (χ1n) is 13.4. The summed E-state index contributed by atoms with van der Waals surface area (Å²) in [6.45, 7) is 1.55. The van der Waals surface area contributed by atoms with E-state index in [1.54, 1.807) is 61.5 Å². The molecule has 7 nitrogen and oxygen atoms in total. The molecule has 0 saturated heterocycles. The fourth-order valence-electron chi connectivity index (χ4n) is 4.49. The molecule has 4 rings (SSSR count). The number of likely N-dealkylation sites (N-methyl/N-ethyl adjacent to an activating group) is 1. The van der Waals surface area contributed by atoms with Gasteiger partial charge in [-0.2, -0.15) is 0 Å². The van der Waals surface area contributed by atoms with E-state index in [0.717, 1.165) is 13.4 Å². The van der Waals surface area contributed by atoms with Crippen LogP contribution in [0.1, 0.15) is 18.1 Å². The number of rotatable bonds is 12. The van der Waals surface area contributed by atoms with Crippen molar-refractivity contribution in [3.05, 3.63) is 130 Å². The van der Waals surface area contributed by atoms with Crippen LogP contribution in [0.5, 0.6) is 0 Å². The highest BCUT2D eigenvalue weighted by Crippen LogP contribution is 2.26. The highest BCUT2D eigenvalue weighted by Gasteiger charge is 2.34. The Bertz CT molecular complexity index is 1590. The van der Waals surface area contributed by atoms with Gasteiger partial charge in [-0.15, -0.1) is 0 Å². The van der Waals surface area contributed by atoms with Gasteiger partial charge < -0.3 is 10.2 Å². The van der Waals surface area contributed by atoms with Gasteiger partial charge in [-0.25, -0.2) is 12.8 Å². The number of carbonyl (C=O) groups is 2. The third kappa shape index (κ3) is 7.95. The molecule has 0 aliphatic heterocycles. The van der Waals surface area contributed by atoms with Gasteiger partial charge in [0, 0.05) is 23.1 Å². The average Bonchev–Trinajstić information content (AvgIpc) is 3.00. The number of anilines is 1. The van der Waals surface area contributed by atoms with Crippen molar-refractivity contribution in [1.82, 2.24) is 10.2 Å². The van der Waals surface area contributed by atoms with Crippen LogP contribution in [-0.2, 0) is 32.6 Å². The molecule has 4 aromatic rings. The van der Waals surface area contributed by atoms with Crippen molar-refractivity contribution in [2.24, 2.45) is 0 Å². The van der Waals surface area contributed by atoms with Gasteiger partial charge in [-0.1, -0.05) is 60.7 Å². The molecule has 0 aliphatic rings. The number of carbonyl (C=O) groups excluding carboxylic acids is 2. The molecule has 2 amide bonds. The Balaban J connectivity index is 1.78. The molecule has 0 heterocycles. The molecule has 0 saturated carbocycles. The lowest BCUT2D eigenvalue weighted by atomic mass is 10.0. The van der Waals surface area contributed by atoms with E-state index in [1.807, 2.05) is 30.3 Å². The van der Waals surface area contributed by atoms with E-state index >= 15 is 0 Å². The topological polar surface area (TPSA) is 86.8 Å². The van der Waals surface area contributed by atoms with Crippen LogP contribution in [0.4, 0.5) is 10.1 Å². The molecule has 1 atom stereocenters. The molecule has 0 aliphatic carbocycles. The zero-order valence-corrected chi connectivity index (χ0v) is 26.0. The van der Waals surface area contributed by atoms with Crippen molar-refractivity contribution in [2.45, 2.75) is 30.8 Å². The quantitative estimate of drug-likeness (QED) is 0.201. The number of hydrogen-bond acceptors (Lipinski definition) is 4. The molecule has 0 aromatic heterocycles. The second kappa shape index (κ2) is 14.4. The molecule has 10 heteroatoms. The van der Waals surface area contributed by atoms with Crippen LogP contribution in [0.25, 0.3) is 0 Å². The molecule has 218 valence electrons. The Morgan fingerprint density at radius 3 is 2.02 bits per heavy atom. The Hall–Kier alpha value is -3.77. The maximum Gasteiger partial charge on any atom is 0.264 e. The lowest BCUT2D eigenvalue weighted by Gasteiger charge is -2.33. The van der Waals surface area contributed by atoms with Gasteiger partial charge in [0.05, 0.1) is 10.6 Å². The van der Waals surface area contributed by atoms with Gasteiger partial charge in [0.15, 0.2) is 0 Å². The fraction of sp³-hybridized carbons (Fsp3) is 0.188. The predicted molar refractivity (Wildman–Crippen MR) is 170 cm³/mol. The Labute approximate surface area is 259 Å². The molecule has 0 spiro atoms. The summed E-state index contributed by atoms with van der Waals surface area (Å²) in [7, 11) is -4.16. The van der Waals surface area contributed by atoms with Crippen LogP contribution in [-0.4, -0.2) is 44.3 Å². The first-order valence-corrected chi connectivity index (χ1v) is 15.9. The van der Waals surface area contributed by atoms with Crippen LogP contribution < -0.4 is 9.62 Å². The second-order valence-corrected chi connectivity index (χ2v) is 12.7. The monoisotopic (exact) mass is 699 g/mol. The van der Waals surface area contributed by atoms with Crippen LogP contribution >= 0.6 is 22.6 Å². The molecular weight excluding hydrogens is 668 g/mol. The molecule has 42 heavy (non-hydrogen) atoms. The van der Waals surface area contributed by atoms with Crippen molar-refractivity contribution in [3.63, 3.8) is 0 Å². The predicted octanol–water partition coefficient (Wildman–Crippen LogP) is 5.40. The van der Waals surface area contributed by atoms with Crippen LogP contribution in [0.3, 0.4) is 0 Å². The highest BCUT2D eigenvalue weighted by molar-refractivity contribution is 14.1. The normalized spacial score (nSPS) is 11.9. The van der Waals surface area contributed by atoms with E-state index < -0.39 is 34.3 Å². The van der Waals surface area contributed by atoms with Gasteiger partial charge >= 0.3 is 0 Å². The third-order valence-corrected chi connectivity index (χ3v) is 9.12. The van der Waals surface area contributed by atoms with Crippen molar-refractivity contribution in [1.29, 1.82) is 0 Å². The zero-order valence-electron chi connectivity index (χ0n) is 23.0. The maximum absolute atomic E-state index is 14.2. The summed E-state index contributed by atoms with van der Waals surface area (Å²) in [6.07, 6.45) is 0.203. The van der Waals surface area contributed by atoms with E-state index in [9.17, 15) is 22.4 Å². The van der Waals surface area contributed by atoms with Crippen molar-refractivity contribution in [3.8, 4) is 0 Å². The Morgan fingerprint density at radius 1 is 0.833 bits per heavy atom. The van der Waals surface area contributed by atoms with Crippen molar-refractivity contribution in [2.75, 3.05) is 17.4 Å². The van der Waals surface area contributed by atoms with E-state index in [1.165, 1.54) is 29.2 Å². The largest absolute Gasteiger partial charge is 0.355 e. The van der Waals surface area contributed by atoms with Gasteiger partial charge in [0.2, 0.25) is 11.8 Å². The molecule has 4 aromatic carbocycles. The number of amides is 2. The summed E-state index contributed by atoms with van der Waals surface area (Å²) in [5, 5.41) is 2.82. The molecule has 0 fully saturated rings. The first kappa shape index (κ1) is 31.2. The minimum absolute atomic E-state index is 0.0281. The molecule has 0 radical (unpaired) electrons. The second-order valence-electron chi connectivity index (χ2n) is 9.55. The van der Waals surface area contributed by atoms with E-state index in [0.29, 0.717) is 17.8 Å². The lowest BCUT2D eigenvalue weighted by Crippen LogP contribution is -2.53. The molecule has 0 unspecified atom stereocenters. The lowest BCUT2D eigenvalue weighted by molar-refractivity contribution is -0.140. The van der Waals surface area contributed by atoms with E-state index in [2.05, 4.69) is 27.9 Å². The standard InChI is InChI=1S/C32H31FIN3O4S/c1-2-35-32(39)30(21-24-9-5-3-6-10-24)36(22-25-13-15-26(33)16-14-25)31(38)23-37(28-19-17-27(34)18-20-28)42(40,41)29-11-7-4-8-12-29/h3-20,30H,2,21-23H2,1H3,(H,35,39)/t30-/m0/s1. The highest BCUT2D eigenvalue weighted by atomic mass is 127. The first-order chi connectivity index (χ1) is 20.2. The molecule has 1 N–H and O–H groups in total. The summed E-state index contributed by atoms with van der Waals surface area (Å²) < 4.78 is 43.5. The number of nitrogens with one attached hydrogen (secondary N) is 1.